The topological polar surface area (TPSA) is 51.5 Å². The highest BCUT2D eigenvalue weighted by Crippen LogP contribution is 2.15. The van der Waals surface area contributed by atoms with Crippen molar-refractivity contribution in [2.45, 2.75) is 33.2 Å². The summed E-state index contributed by atoms with van der Waals surface area (Å²) in [6.45, 7) is 5.40. The number of rotatable bonds is 6. The van der Waals surface area contributed by atoms with Gasteiger partial charge < -0.3 is 14.4 Å². The third kappa shape index (κ3) is 2.85. The molecule has 0 bridgehead atoms. The van der Waals surface area contributed by atoms with E-state index in [2.05, 4.69) is 4.57 Å². The van der Waals surface area contributed by atoms with Crippen LogP contribution in [-0.2, 0) is 11.3 Å². The minimum Gasteiger partial charge on any atom is -0.478 e. The summed E-state index contributed by atoms with van der Waals surface area (Å²) in [5, 5.41) is 8.98. The molecule has 1 N–H and O–H groups in total. The number of carbonyl (C=O) groups is 1. The van der Waals surface area contributed by atoms with E-state index < -0.39 is 5.97 Å². The first-order valence-corrected chi connectivity index (χ1v) is 5.47. The molecule has 16 heavy (non-hydrogen) atoms. The summed E-state index contributed by atoms with van der Waals surface area (Å²) in [6, 6.07) is 1.73. The molecule has 1 aromatic heterocycles. The monoisotopic (exact) mass is 225 g/mol. The number of hydrogen-bond donors (Lipinski definition) is 1. The van der Waals surface area contributed by atoms with E-state index >= 15 is 0 Å². The molecular formula is C12H19NO3. The fourth-order valence-corrected chi connectivity index (χ4v) is 1.88. The van der Waals surface area contributed by atoms with Crippen LogP contribution >= 0.6 is 0 Å². The van der Waals surface area contributed by atoms with Crippen LogP contribution in [-0.4, -0.2) is 29.4 Å². The quantitative estimate of drug-likeness (QED) is 0.755. The van der Waals surface area contributed by atoms with Gasteiger partial charge in [-0.1, -0.05) is 0 Å². The fraction of sp³-hybridized carbons (Fsp3) is 0.583. The predicted molar refractivity (Wildman–Crippen MR) is 62.0 cm³/mol. The van der Waals surface area contributed by atoms with Crippen LogP contribution in [0.15, 0.2) is 6.07 Å². The van der Waals surface area contributed by atoms with Crippen LogP contribution in [0, 0.1) is 13.8 Å². The second kappa shape index (κ2) is 5.70. The standard InChI is InChI=1S/C12H19NO3/c1-9-8-11(12(14)15)10(2)13(9)6-4-5-7-16-3/h8H,4-7H2,1-3H3,(H,14,15). The second-order valence-electron chi connectivity index (χ2n) is 3.94. The summed E-state index contributed by atoms with van der Waals surface area (Å²) in [5.41, 5.74) is 2.25. The van der Waals surface area contributed by atoms with Crippen LogP contribution < -0.4 is 0 Å². The first-order chi connectivity index (χ1) is 7.57. The Morgan fingerprint density at radius 1 is 1.44 bits per heavy atom. The van der Waals surface area contributed by atoms with Crippen molar-refractivity contribution in [2.75, 3.05) is 13.7 Å². The molecule has 0 saturated carbocycles. The van der Waals surface area contributed by atoms with Crippen LogP contribution in [0.3, 0.4) is 0 Å². The normalized spacial score (nSPS) is 10.7. The summed E-state index contributed by atoms with van der Waals surface area (Å²) in [4.78, 5) is 10.9. The van der Waals surface area contributed by atoms with Gasteiger partial charge in [-0.15, -0.1) is 0 Å². The lowest BCUT2D eigenvalue weighted by Crippen LogP contribution is -2.05. The van der Waals surface area contributed by atoms with Crippen LogP contribution in [0.25, 0.3) is 0 Å². The maximum Gasteiger partial charge on any atom is 0.337 e. The zero-order chi connectivity index (χ0) is 12.1. The number of nitrogens with zero attached hydrogens (tertiary/aromatic N) is 1. The first-order valence-electron chi connectivity index (χ1n) is 5.47. The molecule has 4 nitrogen and oxygen atoms in total. The van der Waals surface area contributed by atoms with Gasteiger partial charge in [-0.05, 0) is 32.8 Å². The number of unbranched alkanes of at least 4 members (excludes halogenated alkanes) is 1. The van der Waals surface area contributed by atoms with Gasteiger partial charge in [-0.2, -0.15) is 0 Å². The van der Waals surface area contributed by atoms with Crippen molar-refractivity contribution in [3.63, 3.8) is 0 Å². The number of hydrogen-bond acceptors (Lipinski definition) is 2. The zero-order valence-electron chi connectivity index (χ0n) is 10.1. The smallest absolute Gasteiger partial charge is 0.337 e. The number of aryl methyl sites for hydroxylation is 1. The Balaban J connectivity index is 2.69. The summed E-state index contributed by atoms with van der Waals surface area (Å²) in [6.07, 6.45) is 2.00. The van der Waals surface area contributed by atoms with Crippen LogP contribution in [0.1, 0.15) is 34.6 Å². The van der Waals surface area contributed by atoms with Crippen molar-refractivity contribution in [1.29, 1.82) is 0 Å². The molecule has 1 aromatic rings. The predicted octanol–water partition coefficient (Wildman–Crippen LogP) is 2.23. The highest BCUT2D eigenvalue weighted by atomic mass is 16.5. The Bertz CT molecular complexity index is 369. The molecule has 1 rings (SSSR count). The second-order valence-corrected chi connectivity index (χ2v) is 3.94. The molecule has 0 unspecified atom stereocenters. The Kier molecular flexibility index (Phi) is 4.55. The molecule has 0 atom stereocenters. The number of carboxylic acid groups (broad SMARTS) is 1. The molecule has 0 aliphatic rings. The lowest BCUT2D eigenvalue weighted by molar-refractivity contribution is 0.0696. The minimum atomic E-state index is -0.851. The number of carboxylic acids is 1. The molecule has 0 spiro atoms. The highest BCUT2D eigenvalue weighted by Gasteiger charge is 2.13. The lowest BCUT2D eigenvalue weighted by Gasteiger charge is -2.08. The zero-order valence-corrected chi connectivity index (χ0v) is 10.1. The van der Waals surface area contributed by atoms with Gasteiger partial charge in [0, 0.05) is 31.6 Å². The van der Waals surface area contributed by atoms with Crippen molar-refractivity contribution >= 4 is 5.97 Å². The average Bonchev–Trinajstić information content (AvgIpc) is 2.51. The first kappa shape index (κ1) is 12.8. The number of aromatic nitrogens is 1. The van der Waals surface area contributed by atoms with Crippen molar-refractivity contribution in [3.05, 3.63) is 23.0 Å². The van der Waals surface area contributed by atoms with Gasteiger partial charge in [-0.3, -0.25) is 0 Å². The van der Waals surface area contributed by atoms with Crippen molar-refractivity contribution in [1.82, 2.24) is 4.57 Å². The summed E-state index contributed by atoms with van der Waals surface area (Å²) >= 11 is 0. The van der Waals surface area contributed by atoms with E-state index in [1.807, 2.05) is 13.8 Å². The van der Waals surface area contributed by atoms with E-state index in [9.17, 15) is 4.79 Å². The molecule has 0 aliphatic heterocycles. The molecule has 1 heterocycles. The largest absolute Gasteiger partial charge is 0.478 e. The van der Waals surface area contributed by atoms with Crippen molar-refractivity contribution < 1.29 is 14.6 Å². The van der Waals surface area contributed by atoms with Gasteiger partial charge in [0.15, 0.2) is 0 Å². The van der Waals surface area contributed by atoms with Gasteiger partial charge in [0.05, 0.1) is 5.56 Å². The molecular weight excluding hydrogens is 206 g/mol. The number of methoxy groups -OCH3 is 1. The third-order valence-corrected chi connectivity index (χ3v) is 2.78. The Hall–Kier alpha value is -1.29. The van der Waals surface area contributed by atoms with Crippen LogP contribution in [0.5, 0.6) is 0 Å². The van der Waals surface area contributed by atoms with Crippen LogP contribution in [0.4, 0.5) is 0 Å². The molecule has 4 heteroatoms. The Morgan fingerprint density at radius 3 is 2.62 bits per heavy atom. The van der Waals surface area contributed by atoms with Gasteiger partial charge in [-0.25, -0.2) is 4.79 Å². The van der Waals surface area contributed by atoms with Gasteiger partial charge >= 0.3 is 5.97 Å². The molecule has 0 fully saturated rings. The molecule has 0 aliphatic carbocycles. The molecule has 0 radical (unpaired) electrons. The summed E-state index contributed by atoms with van der Waals surface area (Å²) in [5.74, 6) is -0.851. The number of aromatic carboxylic acids is 1. The maximum absolute atomic E-state index is 10.9. The van der Waals surface area contributed by atoms with E-state index in [1.54, 1.807) is 13.2 Å². The van der Waals surface area contributed by atoms with Gasteiger partial charge in [0.1, 0.15) is 0 Å². The van der Waals surface area contributed by atoms with Gasteiger partial charge in [0.25, 0.3) is 0 Å². The molecule has 90 valence electrons. The molecule has 0 amide bonds. The summed E-state index contributed by atoms with van der Waals surface area (Å²) < 4.78 is 7.03. The van der Waals surface area contributed by atoms with E-state index in [0.717, 1.165) is 37.4 Å². The fourth-order valence-electron chi connectivity index (χ4n) is 1.88. The van der Waals surface area contributed by atoms with Crippen molar-refractivity contribution in [2.24, 2.45) is 0 Å². The average molecular weight is 225 g/mol. The van der Waals surface area contributed by atoms with E-state index in [0.29, 0.717) is 5.56 Å². The Labute approximate surface area is 95.8 Å². The molecule has 0 aromatic carbocycles. The van der Waals surface area contributed by atoms with E-state index in [4.69, 9.17) is 9.84 Å². The maximum atomic E-state index is 10.9. The van der Waals surface area contributed by atoms with Crippen molar-refractivity contribution in [3.8, 4) is 0 Å². The highest BCUT2D eigenvalue weighted by molar-refractivity contribution is 5.89. The minimum absolute atomic E-state index is 0.407. The SMILES string of the molecule is COCCCCn1c(C)cc(C(=O)O)c1C. The Morgan fingerprint density at radius 2 is 2.12 bits per heavy atom. The lowest BCUT2D eigenvalue weighted by atomic mass is 10.2. The van der Waals surface area contributed by atoms with Gasteiger partial charge in [0.2, 0.25) is 0 Å². The van der Waals surface area contributed by atoms with E-state index in [1.165, 1.54) is 0 Å². The summed E-state index contributed by atoms with van der Waals surface area (Å²) in [7, 11) is 1.69. The van der Waals surface area contributed by atoms with Crippen LogP contribution in [0.2, 0.25) is 0 Å². The third-order valence-electron chi connectivity index (χ3n) is 2.78. The number of ether oxygens (including phenoxy) is 1. The molecule has 0 saturated heterocycles. The van der Waals surface area contributed by atoms with E-state index in [-0.39, 0.29) is 0 Å².